The highest BCUT2D eigenvalue weighted by atomic mass is 32.1. The van der Waals surface area contributed by atoms with Gasteiger partial charge >= 0.3 is 0 Å². The molecule has 1 saturated carbocycles. The number of fused-ring (bicyclic) bond motifs is 12. The van der Waals surface area contributed by atoms with Crippen molar-refractivity contribution in [1.29, 1.82) is 0 Å². The number of hydrogen-bond acceptors (Lipinski definition) is 4. The fourth-order valence-corrected chi connectivity index (χ4v) is 18.7. The van der Waals surface area contributed by atoms with E-state index in [2.05, 4.69) is 248 Å². The van der Waals surface area contributed by atoms with Gasteiger partial charge in [-0.3, -0.25) is 0 Å². The summed E-state index contributed by atoms with van der Waals surface area (Å²) in [5.74, 6) is 1.07. The second-order valence-corrected chi connectivity index (χ2v) is 33.4. The molecule has 4 unspecified atom stereocenters. The van der Waals surface area contributed by atoms with Crippen LogP contribution in [0.1, 0.15) is 251 Å². The molecule has 4 heterocycles. The summed E-state index contributed by atoms with van der Waals surface area (Å²) in [4.78, 5) is 8.54. The molecule has 1 fully saturated rings. The maximum Gasteiger partial charge on any atom is 0.264 e. The third kappa shape index (κ3) is 7.63. The number of nitrogens with zero attached hydrogens (tertiary/aromatic N) is 3. The lowest BCUT2D eigenvalue weighted by atomic mass is 9.35. The Hall–Kier alpha value is -5.26. The molecule has 4 aliphatic carbocycles. The maximum atomic E-state index is 2.88. The van der Waals surface area contributed by atoms with Gasteiger partial charge in [-0.05, 0) is 224 Å². The molecular weight excluding hydrogens is 998 g/mol. The van der Waals surface area contributed by atoms with Crippen molar-refractivity contribution in [3.05, 3.63) is 147 Å². The Labute approximate surface area is 492 Å². The smallest absolute Gasteiger partial charge is 0.264 e. The highest BCUT2D eigenvalue weighted by molar-refractivity contribution is 7.33. The first-order valence-electron chi connectivity index (χ1n) is 31.7. The Morgan fingerprint density at radius 1 is 0.481 bits per heavy atom. The zero-order chi connectivity index (χ0) is 57.3. The van der Waals surface area contributed by atoms with Crippen LogP contribution in [0.5, 0.6) is 0 Å². The number of thiophene rings is 1. The summed E-state index contributed by atoms with van der Waals surface area (Å²) >= 11 is 2.11. The molecule has 1 aromatic heterocycles. The Morgan fingerprint density at radius 3 is 1.67 bits per heavy atom. The van der Waals surface area contributed by atoms with E-state index in [1.54, 1.807) is 16.7 Å². The topological polar surface area (TPSA) is 9.72 Å². The molecular formula is C76H92BN3S. The van der Waals surface area contributed by atoms with Gasteiger partial charge in [0.25, 0.3) is 6.71 Å². The molecule has 3 nitrogen and oxygen atoms in total. The SMILES string of the molecule is CC1CCC(C)c2cc3c4c(sc3cc21)B1c2cc3c(cc2N(c2cc(C(C)(C)C)cc(C(C)(C)C)c2)c2cc(N5c6ccccc6C6(C)CCCCC56C)cc(c21)N4c1ccc2c(c1)C(C)(C)CCC2(C)C)C(C)(C)CCC3(C)C. The van der Waals surface area contributed by atoms with Crippen LogP contribution in [0.15, 0.2) is 97.1 Å². The molecule has 0 bridgehead atoms. The van der Waals surface area contributed by atoms with Gasteiger partial charge in [-0.2, -0.15) is 0 Å². The Bertz CT molecular complexity index is 3780. The largest absolute Gasteiger partial charge is 0.334 e. The van der Waals surface area contributed by atoms with Crippen molar-refractivity contribution in [3.63, 3.8) is 0 Å². The molecule has 0 spiro atoms. The van der Waals surface area contributed by atoms with Gasteiger partial charge in [-0.1, -0.05) is 167 Å². The summed E-state index contributed by atoms with van der Waals surface area (Å²) in [5, 5.41) is 1.43. The lowest BCUT2D eigenvalue weighted by Crippen LogP contribution is -2.61. The van der Waals surface area contributed by atoms with Gasteiger partial charge in [0.2, 0.25) is 0 Å². The average molecular weight is 1090 g/mol. The van der Waals surface area contributed by atoms with E-state index in [0.717, 1.165) is 6.42 Å². The summed E-state index contributed by atoms with van der Waals surface area (Å²) in [6.07, 6.45) is 12.1. The van der Waals surface area contributed by atoms with Gasteiger partial charge in [0.1, 0.15) is 0 Å². The highest BCUT2D eigenvalue weighted by Crippen LogP contribution is 2.63. The van der Waals surface area contributed by atoms with E-state index in [4.69, 9.17) is 0 Å². The summed E-state index contributed by atoms with van der Waals surface area (Å²) in [7, 11) is 0. The average Bonchev–Trinajstić information content (AvgIpc) is 3.08. The molecule has 0 radical (unpaired) electrons. The van der Waals surface area contributed by atoms with Gasteiger partial charge in [0.15, 0.2) is 0 Å². The fraction of sp³-hybridized carbons (Fsp3) is 0.500. The van der Waals surface area contributed by atoms with Crippen molar-refractivity contribution in [1.82, 2.24) is 0 Å². The van der Waals surface area contributed by atoms with Crippen LogP contribution in [-0.4, -0.2) is 12.3 Å². The number of rotatable bonds is 3. The quantitative estimate of drug-likeness (QED) is 0.163. The molecule has 81 heavy (non-hydrogen) atoms. The normalized spacial score (nSPS) is 25.3. The monoisotopic (exact) mass is 1090 g/mol. The Balaban J connectivity index is 1.17. The van der Waals surface area contributed by atoms with Crippen LogP contribution in [0, 0.1) is 0 Å². The second-order valence-electron chi connectivity index (χ2n) is 32.3. The minimum absolute atomic E-state index is 0.00408. The third-order valence-corrected chi connectivity index (χ3v) is 24.4. The minimum Gasteiger partial charge on any atom is -0.334 e. The maximum absolute atomic E-state index is 2.88. The van der Waals surface area contributed by atoms with Crippen LogP contribution in [0.3, 0.4) is 0 Å². The van der Waals surface area contributed by atoms with Crippen molar-refractivity contribution in [2.24, 2.45) is 0 Å². The third-order valence-electron chi connectivity index (χ3n) is 23.2. The van der Waals surface area contributed by atoms with Crippen LogP contribution >= 0.6 is 11.3 Å². The molecule has 5 heteroatoms. The van der Waals surface area contributed by atoms with Crippen LogP contribution in [0.4, 0.5) is 45.5 Å². The van der Waals surface area contributed by atoms with Crippen molar-refractivity contribution in [3.8, 4) is 0 Å². The van der Waals surface area contributed by atoms with Crippen LogP contribution in [0.25, 0.3) is 10.1 Å². The van der Waals surface area contributed by atoms with E-state index in [9.17, 15) is 0 Å². The van der Waals surface area contributed by atoms with Crippen LogP contribution in [-0.2, 0) is 37.9 Å². The lowest BCUT2D eigenvalue weighted by Gasteiger charge is -2.51. The zero-order valence-corrected chi connectivity index (χ0v) is 53.6. The predicted octanol–water partition coefficient (Wildman–Crippen LogP) is 20.0. The molecule has 4 atom stereocenters. The van der Waals surface area contributed by atoms with Gasteiger partial charge in [-0.15, -0.1) is 11.3 Å². The number of anilines is 8. The van der Waals surface area contributed by atoms with E-state index >= 15 is 0 Å². The molecule has 420 valence electrons. The first-order valence-corrected chi connectivity index (χ1v) is 32.5. The molecule has 7 aromatic rings. The molecule has 14 rings (SSSR count). The van der Waals surface area contributed by atoms with E-state index in [1.807, 2.05) is 0 Å². The van der Waals surface area contributed by atoms with E-state index in [-0.39, 0.29) is 50.2 Å². The van der Waals surface area contributed by atoms with Gasteiger partial charge in [0, 0.05) is 60.1 Å². The summed E-state index contributed by atoms with van der Waals surface area (Å²) in [6.45, 7) is 44.9. The minimum atomic E-state index is -0.125. The number of benzene rings is 6. The first kappa shape index (κ1) is 53.7. The van der Waals surface area contributed by atoms with Gasteiger partial charge in [0.05, 0.1) is 11.2 Å². The number of para-hydroxylation sites is 1. The highest BCUT2D eigenvalue weighted by Gasteiger charge is 2.58. The number of hydrogen-bond donors (Lipinski definition) is 0. The van der Waals surface area contributed by atoms with E-state index in [1.165, 1.54) is 162 Å². The molecule has 0 amide bonds. The molecule has 0 N–H and O–H groups in total. The summed E-state index contributed by atoms with van der Waals surface area (Å²) < 4.78 is 2.94. The second kappa shape index (κ2) is 17.2. The van der Waals surface area contributed by atoms with Crippen molar-refractivity contribution in [2.75, 3.05) is 14.7 Å². The van der Waals surface area contributed by atoms with Crippen molar-refractivity contribution in [2.45, 2.75) is 244 Å². The lowest BCUT2D eigenvalue weighted by molar-refractivity contribution is 0.195. The Kier molecular flexibility index (Phi) is 11.4. The van der Waals surface area contributed by atoms with Crippen molar-refractivity contribution >= 4 is 89.3 Å². The van der Waals surface area contributed by atoms with Crippen LogP contribution < -0.4 is 30.4 Å². The fourth-order valence-electron chi connectivity index (χ4n) is 17.4. The van der Waals surface area contributed by atoms with E-state index in [0.29, 0.717) is 11.8 Å². The molecule has 3 aliphatic heterocycles. The van der Waals surface area contributed by atoms with Gasteiger partial charge < -0.3 is 14.7 Å². The van der Waals surface area contributed by atoms with E-state index < -0.39 is 0 Å². The molecule has 0 saturated heterocycles. The zero-order valence-electron chi connectivity index (χ0n) is 52.8. The summed E-state index contributed by atoms with van der Waals surface area (Å²) in [6, 6.07) is 41.4. The standard InChI is InChI=1S/C76H92BN3S/c1-45-25-26-46(2)53-42-65-54(41-52(45)53)67-68(81-65)77-60-43-58-59(74(15,16)34-33-73(58,13)14)44-62(60)78(50-36-47(69(3,4)5)35-48(37-50)70(6,7)8)63-39-51(80-61-24-20-19-23-56(61)75(17)29-21-22-30-76(75,80)18)40-64(66(63)77)79(67)49-27-28-55-57(38-49)72(11,12)32-31-71(55,9)10/h19-20,23-24,27-28,35-46H,21-22,25-26,29-34H2,1-18H3. The van der Waals surface area contributed by atoms with Gasteiger partial charge in [-0.25, -0.2) is 0 Å². The van der Waals surface area contributed by atoms with Crippen LogP contribution in [0.2, 0.25) is 0 Å². The van der Waals surface area contributed by atoms with Crippen molar-refractivity contribution < 1.29 is 0 Å². The summed E-state index contributed by atoms with van der Waals surface area (Å²) in [5.41, 5.74) is 27.1. The predicted molar refractivity (Wildman–Crippen MR) is 353 cm³/mol. The molecule has 7 aliphatic rings. The Morgan fingerprint density at radius 2 is 1.04 bits per heavy atom. The molecule has 6 aromatic carbocycles. The first-order chi connectivity index (χ1) is 37.9.